The normalized spacial score (nSPS) is 11.2. The van der Waals surface area contributed by atoms with Gasteiger partial charge in [0.25, 0.3) is 0 Å². The molecule has 0 aromatic heterocycles. The zero-order valence-electron chi connectivity index (χ0n) is 9.54. The third-order valence-corrected chi connectivity index (χ3v) is 3.38. The molecular formula is C13H12NO3S-. The number of hydrogen-bond donors (Lipinski definition) is 1. The highest BCUT2D eigenvalue weighted by Gasteiger charge is 2.07. The van der Waals surface area contributed by atoms with Gasteiger partial charge in [-0.25, -0.2) is 8.42 Å². The SMILES string of the molecule is O=S(=O)([O-])c1ccccc1NCc1ccccc1. The number of para-hydroxylation sites is 1. The molecule has 2 rings (SSSR count). The number of hydrogen-bond acceptors (Lipinski definition) is 4. The zero-order valence-corrected chi connectivity index (χ0v) is 10.4. The van der Waals surface area contributed by atoms with Gasteiger partial charge in [0, 0.05) is 6.54 Å². The molecule has 0 unspecified atom stereocenters. The van der Waals surface area contributed by atoms with Gasteiger partial charge in [0.15, 0.2) is 0 Å². The average Bonchev–Trinajstić information content (AvgIpc) is 2.37. The first-order valence-corrected chi connectivity index (χ1v) is 6.81. The third kappa shape index (κ3) is 3.09. The van der Waals surface area contributed by atoms with E-state index < -0.39 is 10.1 Å². The summed E-state index contributed by atoms with van der Waals surface area (Å²) in [7, 11) is -4.45. The molecule has 0 aliphatic carbocycles. The van der Waals surface area contributed by atoms with Crippen molar-refractivity contribution in [1.29, 1.82) is 0 Å². The van der Waals surface area contributed by atoms with E-state index in [9.17, 15) is 13.0 Å². The molecule has 2 aromatic carbocycles. The van der Waals surface area contributed by atoms with Crippen LogP contribution in [-0.4, -0.2) is 13.0 Å². The Morgan fingerprint density at radius 1 is 0.944 bits per heavy atom. The Hall–Kier alpha value is -1.85. The summed E-state index contributed by atoms with van der Waals surface area (Å²) in [5.74, 6) is 0. The fourth-order valence-corrected chi connectivity index (χ4v) is 2.28. The van der Waals surface area contributed by atoms with Gasteiger partial charge in [-0.2, -0.15) is 0 Å². The Balaban J connectivity index is 2.20. The van der Waals surface area contributed by atoms with Gasteiger partial charge in [0.1, 0.15) is 10.1 Å². The van der Waals surface area contributed by atoms with Crippen LogP contribution in [0.4, 0.5) is 5.69 Å². The van der Waals surface area contributed by atoms with E-state index in [2.05, 4.69) is 5.32 Å². The van der Waals surface area contributed by atoms with Gasteiger partial charge in [-0.1, -0.05) is 42.5 Å². The topological polar surface area (TPSA) is 69.2 Å². The molecule has 2 aromatic rings. The van der Waals surface area contributed by atoms with Crippen LogP contribution in [0.15, 0.2) is 59.5 Å². The summed E-state index contributed by atoms with van der Waals surface area (Å²) in [6.45, 7) is 0.466. The van der Waals surface area contributed by atoms with Crippen LogP contribution in [0.5, 0.6) is 0 Å². The van der Waals surface area contributed by atoms with Crippen LogP contribution in [0.1, 0.15) is 5.56 Å². The molecular weight excluding hydrogens is 250 g/mol. The van der Waals surface area contributed by atoms with Gasteiger partial charge < -0.3 is 9.87 Å². The highest BCUT2D eigenvalue weighted by atomic mass is 32.2. The lowest BCUT2D eigenvalue weighted by molar-refractivity contribution is 0.463. The van der Waals surface area contributed by atoms with E-state index in [4.69, 9.17) is 0 Å². The molecule has 0 saturated heterocycles. The van der Waals surface area contributed by atoms with Crippen LogP contribution in [0.2, 0.25) is 0 Å². The Morgan fingerprint density at radius 3 is 2.22 bits per heavy atom. The molecule has 0 atom stereocenters. The number of anilines is 1. The molecule has 0 heterocycles. The van der Waals surface area contributed by atoms with E-state index in [0.717, 1.165) is 5.56 Å². The van der Waals surface area contributed by atoms with Crippen molar-refractivity contribution in [3.63, 3.8) is 0 Å². The molecule has 4 nitrogen and oxygen atoms in total. The zero-order chi connectivity index (χ0) is 13.0. The van der Waals surface area contributed by atoms with Gasteiger partial charge >= 0.3 is 0 Å². The van der Waals surface area contributed by atoms with E-state index in [1.807, 2.05) is 30.3 Å². The van der Waals surface area contributed by atoms with Crippen molar-refractivity contribution in [2.24, 2.45) is 0 Å². The fourth-order valence-electron chi connectivity index (χ4n) is 1.62. The lowest BCUT2D eigenvalue weighted by Crippen LogP contribution is -2.06. The van der Waals surface area contributed by atoms with E-state index in [0.29, 0.717) is 12.2 Å². The minimum Gasteiger partial charge on any atom is -0.744 e. The van der Waals surface area contributed by atoms with E-state index in [1.54, 1.807) is 12.1 Å². The van der Waals surface area contributed by atoms with Gasteiger partial charge in [-0.3, -0.25) is 0 Å². The standard InChI is InChI=1S/C13H13NO3S/c15-18(16,17)13-9-5-4-8-12(13)14-10-11-6-2-1-3-7-11/h1-9,14H,10H2,(H,15,16,17)/p-1. The minimum absolute atomic E-state index is 0.221. The summed E-state index contributed by atoms with van der Waals surface area (Å²) in [4.78, 5) is -0.221. The van der Waals surface area contributed by atoms with Crippen molar-refractivity contribution in [3.8, 4) is 0 Å². The number of nitrogens with one attached hydrogen (secondary N) is 1. The van der Waals surface area contributed by atoms with Crippen molar-refractivity contribution in [3.05, 3.63) is 60.2 Å². The Kier molecular flexibility index (Phi) is 3.64. The molecule has 0 amide bonds. The molecule has 0 radical (unpaired) electrons. The van der Waals surface area contributed by atoms with E-state index >= 15 is 0 Å². The summed E-state index contributed by atoms with van der Waals surface area (Å²) in [6, 6.07) is 15.6. The van der Waals surface area contributed by atoms with E-state index in [-0.39, 0.29) is 4.90 Å². The van der Waals surface area contributed by atoms with Crippen molar-refractivity contribution in [2.45, 2.75) is 11.4 Å². The van der Waals surface area contributed by atoms with Crippen LogP contribution in [0, 0.1) is 0 Å². The van der Waals surface area contributed by atoms with Crippen LogP contribution < -0.4 is 5.32 Å². The maximum atomic E-state index is 11.1. The number of rotatable bonds is 4. The molecule has 0 fully saturated rings. The first-order chi connectivity index (χ1) is 8.57. The fraction of sp³-hybridized carbons (Fsp3) is 0.0769. The summed E-state index contributed by atoms with van der Waals surface area (Å²) in [6.07, 6.45) is 0. The second-order valence-corrected chi connectivity index (χ2v) is 5.14. The monoisotopic (exact) mass is 262 g/mol. The first-order valence-electron chi connectivity index (χ1n) is 5.40. The molecule has 94 valence electrons. The highest BCUT2D eigenvalue weighted by Crippen LogP contribution is 2.20. The molecule has 0 bridgehead atoms. The summed E-state index contributed by atoms with van der Waals surface area (Å²) in [5.41, 5.74) is 1.34. The maximum Gasteiger partial charge on any atom is 0.126 e. The Morgan fingerprint density at radius 2 is 1.56 bits per heavy atom. The Bertz CT molecular complexity index is 624. The molecule has 1 N–H and O–H groups in total. The average molecular weight is 262 g/mol. The molecule has 0 aliphatic heterocycles. The molecule has 5 heteroatoms. The number of benzene rings is 2. The van der Waals surface area contributed by atoms with Crippen LogP contribution >= 0.6 is 0 Å². The molecule has 0 aliphatic rings. The van der Waals surface area contributed by atoms with Crippen LogP contribution in [-0.2, 0) is 16.7 Å². The smallest absolute Gasteiger partial charge is 0.126 e. The van der Waals surface area contributed by atoms with Gasteiger partial charge in [0.05, 0.1) is 10.6 Å². The quantitative estimate of drug-likeness (QED) is 0.858. The lowest BCUT2D eigenvalue weighted by atomic mass is 10.2. The first kappa shape index (κ1) is 12.6. The predicted octanol–water partition coefficient (Wildman–Crippen LogP) is 2.20. The minimum atomic E-state index is -4.45. The van der Waals surface area contributed by atoms with Crippen molar-refractivity contribution < 1.29 is 13.0 Å². The lowest BCUT2D eigenvalue weighted by Gasteiger charge is -2.14. The largest absolute Gasteiger partial charge is 0.744 e. The van der Waals surface area contributed by atoms with Crippen LogP contribution in [0.25, 0.3) is 0 Å². The van der Waals surface area contributed by atoms with Crippen molar-refractivity contribution in [2.75, 3.05) is 5.32 Å². The molecule has 0 spiro atoms. The molecule has 18 heavy (non-hydrogen) atoms. The third-order valence-electron chi connectivity index (χ3n) is 2.48. The highest BCUT2D eigenvalue weighted by molar-refractivity contribution is 7.86. The van der Waals surface area contributed by atoms with Crippen molar-refractivity contribution >= 4 is 15.8 Å². The van der Waals surface area contributed by atoms with Crippen molar-refractivity contribution in [1.82, 2.24) is 0 Å². The maximum absolute atomic E-state index is 11.1. The summed E-state index contributed by atoms with van der Waals surface area (Å²) in [5, 5.41) is 2.96. The summed E-state index contributed by atoms with van der Waals surface area (Å²) < 4.78 is 33.2. The van der Waals surface area contributed by atoms with Gasteiger partial charge in [0.2, 0.25) is 0 Å². The second kappa shape index (κ2) is 5.20. The second-order valence-electron chi connectivity index (χ2n) is 3.79. The summed E-state index contributed by atoms with van der Waals surface area (Å²) >= 11 is 0. The van der Waals surface area contributed by atoms with Gasteiger partial charge in [-0.15, -0.1) is 0 Å². The Labute approximate surface area is 106 Å². The van der Waals surface area contributed by atoms with E-state index in [1.165, 1.54) is 12.1 Å². The van der Waals surface area contributed by atoms with Crippen LogP contribution in [0.3, 0.4) is 0 Å². The predicted molar refractivity (Wildman–Crippen MR) is 68.2 cm³/mol. The molecule has 0 saturated carbocycles. The van der Waals surface area contributed by atoms with Gasteiger partial charge in [-0.05, 0) is 17.7 Å².